The number of rotatable bonds is 3. The molecule has 0 spiro atoms. The van der Waals surface area contributed by atoms with Gasteiger partial charge in [0.05, 0.1) is 17.9 Å². The maximum absolute atomic E-state index is 11.6. The Morgan fingerprint density at radius 3 is 2.89 bits per heavy atom. The van der Waals surface area contributed by atoms with E-state index in [4.69, 9.17) is 4.74 Å². The Hall–Kier alpha value is -1.55. The number of thioether (sulfide) groups is 1. The quantitative estimate of drug-likeness (QED) is 0.629. The molecule has 1 saturated heterocycles. The van der Waals surface area contributed by atoms with Gasteiger partial charge in [-0.3, -0.25) is 9.59 Å². The number of Topliss-reactive ketones (excluding diaryl/α,β-unsaturated/α-hetero) is 1. The fraction of sp³-hybridized carbons (Fsp3) is 0.333. The van der Waals surface area contributed by atoms with E-state index in [-0.39, 0.29) is 17.7 Å². The molecule has 19 heavy (non-hydrogen) atoms. The molecule has 1 atom stereocenters. The SMILES string of the molecule is COC(=O)C(C)c1cccc(/C=C2/SCCC2=O)c1. The molecule has 0 bridgehead atoms. The highest BCUT2D eigenvalue weighted by atomic mass is 32.2. The van der Waals surface area contributed by atoms with Crippen molar-refractivity contribution < 1.29 is 14.3 Å². The lowest BCUT2D eigenvalue weighted by Gasteiger charge is -2.10. The highest BCUT2D eigenvalue weighted by molar-refractivity contribution is 8.04. The summed E-state index contributed by atoms with van der Waals surface area (Å²) in [7, 11) is 1.39. The Morgan fingerprint density at radius 2 is 2.26 bits per heavy atom. The standard InChI is InChI=1S/C15H16O3S/c1-10(15(17)18-2)12-5-3-4-11(8-12)9-14-13(16)6-7-19-14/h3-5,8-10H,6-7H2,1-2H3/b14-9+. The molecule has 1 aromatic rings. The van der Waals surface area contributed by atoms with E-state index in [1.165, 1.54) is 7.11 Å². The van der Waals surface area contributed by atoms with Crippen molar-refractivity contribution in [1.82, 2.24) is 0 Å². The number of esters is 1. The molecule has 0 aromatic heterocycles. The van der Waals surface area contributed by atoms with Crippen LogP contribution in [0.4, 0.5) is 0 Å². The largest absolute Gasteiger partial charge is 0.469 e. The van der Waals surface area contributed by atoms with Gasteiger partial charge >= 0.3 is 5.97 Å². The number of benzene rings is 1. The Morgan fingerprint density at radius 1 is 1.47 bits per heavy atom. The van der Waals surface area contributed by atoms with Crippen molar-refractivity contribution in [3.63, 3.8) is 0 Å². The second-order valence-corrected chi connectivity index (χ2v) is 5.58. The van der Waals surface area contributed by atoms with Gasteiger partial charge in [0.1, 0.15) is 0 Å². The van der Waals surface area contributed by atoms with E-state index in [1.807, 2.05) is 37.3 Å². The van der Waals surface area contributed by atoms with Crippen LogP contribution in [0.15, 0.2) is 29.2 Å². The normalized spacial score (nSPS) is 18.6. The molecular formula is C15H16O3S. The van der Waals surface area contributed by atoms with E-state index in [0.717, 1.165) is 21.8 Å². The maximum Gasteiger partial charge on any atom is 0.312 e. The average Bonchev–Trinajstić information content (AvgIpc) is 2.83. The van der Waals surface area contributed by atoms with Crippen LogP contribution in [0.5, 0.6) is 0 Å². The molecule has 1 aromatic carbocycles. The summed E-state index contributed by atoms with van der Waals surface area (Å²) in [6, 6.07) is 7.66. The molecule has 0 radical (unpaired) electrons. The van der Waals surface area contributed by atoms with Crippen LogP contribution in [0.25, 0.3) is 6.08 Å². The number of allylic oxidation sites excluding steroid dienone is 1. The Kier molecular flexibility index (Phi) is 4.43. The van der Waals surface area contributed by atoms with Crippen LogP contribution < -0.4 is 0 Å². The monoisotopic (exact) mass is 276 g/mol. The summed E-state index contributed by atoms with van der Waals surface area (Å²) < 4.78 is 4.74. The average molecular weight is 276 g/mol. The lowest BCUT2D eigenvalue weighted by atomic mass is 9.99. The molecule has 0 aliphatic carbocycles. The molecule has 1 heterocycles. The number of carbonyl (C=O) groups excluding carboxylic acids is 2. The minimum Gasteiger partial charge on any atom is -0.469 e. The molecule has 1 aliphatic heterocycles. The molecule has 0 amide bonds. The van der Waals surface area contributed by atoms with Crippen molar-refractivity contribution in [1.29, 1.82) is 0 Å². The van der Waals surface area contributed by atoms with Gasteiger partial charge < -0.3 is 4.74 Å². The smallest absolute Gasteiger partial charge is 0.312 e. The van der Waals surface area contributed by atoms with Gasteiger partial charge in [0.15, 0.2) is 5.78 Å². The summed E-state index contributed by atoms with van der Waals surface area (Å²) in [6.45, 7) is 1.81. The maximum atomic E-state index is 11.6. The van der Waals surface area contributed by atoms with E-state index in [1.54, 1.807) is 11.8 Å². The van der Waals surface area contributed by atoms with Crippen molar-refractivity contribution in [3.8, 4) is 0 Å². The van der Waals surface area contributed by atoms with Gasteiger partial charge in [-0.2, -0.15) is 0 Å². The molecule has 4 heteroatoms. The van der Waals surface area contributed by atoms with Crippen molar-refractivity contribution in [2.75, 3.05) is 12.9 Å². The summed E-state index contributed by atoms with van der Waals surface area (Å²) >= 11 is 1.59. The summed E-state index contributed by atoms with van der Waals surface area (Å²) in [5, 5.41) is 0. The lowest BCUT2D eigenvalue weighted by Crippen LogP contribution is -2.10. The summed E-state index contributed by atoms with van der Waals surface area (Å²) in [5.74, 6) is 0.519. The van der Waals surface area contributed by atoms with Gasteiger partial charge in [-0.1, -0.05) is 24.3 Å². The summed E-state index contributed by atoms with van der Waals surface area (Å²) in [4.78, 5) is 23.9. The molecule has 1 aliphatic rings. The van der Waals surface area contributed by atoms with Gasteiger partial charge in [0, 0.05) is 12.2 Å². The van der Waals surface area contributed by atoms with Gasteiger partial charge in [-0.15, -0.1) is 11.8 Å². The van der Waals surface area contributed by atoms with Crippen LogP contribution >= 0.6 is 11.8 Å². The first-order chi connectivity index (χ1) is 9.11. The third-order valence-electron chi connectivity index (χ3n) is 3.12. The minimum atomic E-state index is -0.296. The minimum absolute atomic E-state index is 0.205. The third kappa shape index (κ3) is 3.26. The lowest BCUT2D eigenvalue weighted by molar-refractivity contribution is -0.142. The van der Waals surface area contributed by atoms with Gasteiger partial charge in [-0.25, -0.2) is 0 Å². The van der Waals surface area contributed by atoms with Crippen molar-refractivity contribution in [2.24, 2.45) is 0 Å². The number of hydrogen-bond acceptors (Lipinski definition) is 4. The second kappa shape index (κ2) is 6.06. The highest BCUT2D eigenvalue weighted by Gasteiger charge is 2.18. The fourth-order valence-electron chi connectivity index (χ4n) is 1.96. The van der Waals surface area contributed by atoms with E-state index in [2.05, 4.69) is 0 Å². The van der Waals surface area contributed by atoms with Crippen molar-refractivity contribution in [3.05, 3.63) is 40.3 Å². The van der Waals surface area contributed by atoms with Crippen molar-refractivity contribution >= 4 is 29.6 Å². The van der Waals surface area contributed by atoms with E-state index >= 15 is 0 Å². The Bertz CT molecular complexity index is 534. The zero-order valence-corrected chi connectivity index (χ0v) is 11.8. The topological polar surface area (TPSA) is 43.4 Å². The van der Waals surface area contributed by atoms with Crippen LogP contribution in [-0.2, 0) is 14.3 Å². The molecule has 3 nitrogen and oxygen atoms in total. The van der Waals surface area contributed by atoms with E-state index in [9.17, 15) is 9.59 Å². The number of hydrogen-bond donors (Lipinski definition) is 0. The molecule has 2 rings (SSSR count). The van der Waals surface area contributed by atoms with Crippen LogP contribution in [0.1, 0.15) is 30.4 Å². The molecule has 1 unspecified atom stereocenters. The van der Waals surface area contributed by atoms with Crippen LogP contribution in [0, 0.1) is 0 Å². The summed E-state index contributed by atoms with van der Waals surface area (Å²) in [6.07, 6.45) is 2.52. The fourth-order valence-corrected chi connectivity index (χ4v) is 2.95. The number of ketones is 1. The third-order valence-corrected chi connectivity index (χ3v) is 4.19. The van der Waals surface area contributed by atoms with Crippen LogP contribution in [-0.4, -0.2) is 24.6 Å². The number of methoxy groups -OCH3 is 1. The molecular weight excluding hydrogens is 260 g/mol. The van der Waals surface area contributed by atoms with Crippen LogP contribution in [0.3, 0.4) is 0 Å². The number of carbonyl (C=O) groups is 2. The zero-order chi connectivity index (χ0) is 13.8. The first-order valence-corrected chi connectivity index (χ1v) is 7.16. The van der Waals surface area contributed by atoms with E-state index in [0.29, 0.717) is 6.42 Å². The first-order valence-electron chi connectivity index (χ1n) is 6.17. The van der Waals surface area contributed by atoms with Gasteiger partial charge in [0.25, 0.3) is 0 Å². The first kappa shape index (κ1) is 13.9. The second-order valence-electron chi connectivity index (χ2n) is 4.45. The predicted octanol–water partition coefficient (Wildman–Crippen LogP) is 3.01. The molecule has 100 valence electrons. The molecule has 1 fully saturated rings. The zero-order valence-electron chi connectivity index (χ0n) is 11.0. The molecule has 0 saturated carbocycles. The predicted molar refractivity (Wildman–Crippen MR) is 76.9 cm³/mol. The van der Waals surface area contributed by atoms with E-state index < -0.39 is 0 Å². The van der Waals surface area contributed by atoms with Crippen molar-refractivity contribution in [2.45, 2.75) is 19.3 Å². The summed E-state index contributed by atoms with van der Waals surface area (Å²) in [5.41, 5.74) is 1.85. The highest BCUT2D eigenvalue weighted by Crippen LogP contribution is 2.29. The van der Waals surface area contributed by atoms with Gasteiger partial charge in [-0.05, 0) is 24.1 Å². The van der Waals surface area contributed by atoms with Crippen LogP contribution in [0.2, 0.25) is 0 Å². The number of ether oxygens (including phenoxy) is 1. The Balaban J connectivity index is 2.24. The molecule has 0 N–H and O–H groups in total. The van der Waals surface area contributed by atoms with Gasteiger partial charge in [0.2, 0.25) is 0 Å². The Labute approximate surface area is 117 Å².